The average Bonchev–Trinajstić information content (AvgIpc) is 2.28. The molecule has 0 amide bonds. The minimum absolute atomic E-state index is 0.104. The van der Waals surface area contributed by atoms with Gasteiger partial charge in [-0.25, -0.2) is 8.42 Å². The maximum atomic E-state index is 11.7. The lowest BCUT2D eigenvalue weighted by atomic mass is 10.3. The lowest BCUT2D eigenvalue weighted by Crippen LogP contribution is -2.11. The number of hydrogen-bond donors (Lipinski definition) is 1. The van der Waals surface area contributed by atoms with Crippen molar-refractivity contribution in [2.24, 2.45) is 0 Å². The van der Waals surface area contributed by atoms with Gasteiger partial charge < -0.3 is 9.84 Å². The summed E-state index contributed by atoms with van der Waals surface area (Å²) in [6.07, 6.45) is 0. The predicted octanol–water partition coefficient (Wildman–Crippen LogP) is 0.369. The van der Waals surface area contributed by atoms with E-state index in [0.29, 0.717) is 0 Å². The largest absolute Gasteiger partial charge is 0.495 e. The van der Waals surface area contributed by atoms with E-state index in [1.54, 1.807) is 0 Å². The number of benzene rings is 1. The van der Waals surface area contributed by atoms with E-state index in [-0.39, 0.29) is 16.3 Å². The Morgan fingerprint density at radius 3 is 2.59 bits per heavy atom. The van der Waals surface area contributed by atoms with Gasteiger partial charge in [0.25, 0.3) is 5.69 Å². The van der Waals surface area contributed by atoms with Gasteiger partial charge in [-0.2, -0.15) is 0 Å². The number of aliphatic hydroxyl groups is 1. The van der Waals surface area contributed by atoms with Crippen LogP contribution in [0.3, 0.4) is 0 Å². The van der Waals surface area contributed by atoms with Crippen LogP contribution in [0, 0.1) is 10.1 Å². The fourth-order valence-electron chi connectivity index (χ4n) is 1.26. The van der Waals surface area contributed by atoms with Crippen LogP contribution in [0.4, 0.5) is 5.69 Å². The number of nitro groups is 1. The van der Waals surface area contributed by atoms with Crippen LogP contribution in [0.5, 0.6) is 5.75 Å². The third-order valence-electron chi connectivity index (χ3n) is 2.05. The highest BCUT2D eigenvalue weighted by atomic mass is 32.2. The van der Waals surface area contributed by atoms with E-state index in [9.17, 15) is 18.5 Å². The fourth-order valence-corrected chi connectivity index (χ4v) is 2.44. The van der Waals surface area contributed by atoms with Gasteiger partial charge in [0, 0.05) is 6.07 Å². The molecule has 8 heteroatoms. The van der Waals surface area contributed by atoms with Crippen LogP contribution in [0.1, 0.15) is 0 Å². The van der Waals surface area contributed by atoms with Crippen molar-refractivity contribution in [2.45, 2.75) is 4.90 Å². The molecule has 0 aliphatic heterocycles. The van der Waals surface area contributed by atoms with Crippen LogP contribution in [0.15, 0.2) is 23.1 Å². The average molecular weight is 261 g/mol. The van der Waals surface area contributed by atoms with Crippen molar-refractivity contribution >= 4 is 15.5 Å². The Labute approximate surface area is 97.7 Å². The summed E-state index contributed by atoms with van der Waals surface area (Å²) in [7, 11) is -2.47. The van der Waals surface area contributed by atoms with Crippen molar-refractivity contribution < 1.29 is 23.2 Å². The minimum Gasteiger partial charge on any atom is -0.495 e. The van der Waals surface area contributed by atoms with Crippen LogP contribution < -0.4 is 4.74 Å². The highest BCUT2D eigenvalue weighted by Gasteiger charge is 2.21. The topological polar surface area (TPSA) is 107 Å². The number of nitrogens with zero attached hydrogens (tertiary/aromatic N) is 1. The number of aliphatic hydroxyl groups excluding tert-OH is 1. The lowest BCUT2D eigenvalue weighted by molar-refractivity contribution is -0.385. The van der Waals surface area contributed by atoms with Gasteiger partial charge in [-0.3, -0.25) is 10.1 Å². The van der Waals surface area contributed by atoms with E-state index in [0.717, 1.165) is 18.2 Å². The Balaban J connectivity index is 3.31. The second-order valence-electron chi connectivity index (χ2n) is 3.13. The maximum Gasteiger partial charge on any atom is 0.273 e. The van der Waals surface area contributed by atoms with Crippen molar-refractivity contribution in [1.82, 2.24) is 0 Å². The standard InChI is InChI=1S/C9H11NO6S/c1-16-8-6-7(10(12)13)2-3-9(8)17(14,15)5-4-11/h2-3,6,11H,4-5H2,1H3. The number of sulfone groups is 1. The summed E-state index contributed by atoms with van der Waals surface area (Å²) < 4.78 is 28.2. The monoisotopic (exact) mass is 261 g/mol. The molecule has 94 valence electrons. The summed E-state index contributed by atoms with van der Waals surface area (Å²) in [5, 5.41) is 19.2. The number of nitro benzene ring substituents is 1. The quantitative estimate of drug-likeness (QED) is 0.606. The first-order valence-electron chi connectivity index (χ1n) is 4.58. The molecule has 0 atom stereocenters. The second-order valence-corrected chi connectivity index (χ2v) is 5.21. The summed E-state index contributed by atoms with van der Waals surface area (Å²) in [6, 6.07) is 3.21. The SMILES string of the molecule is COc1cc([N+](=O)[O-])ccc1S(=O)(=O)CCO. The van der Waals surface area contributed by atoms with Gasteiger partial charge in [0.05, 0.1) is 30.5 Å². The van der Waals surface area contributed by atoms with Gasteiger partial charge in [0.2, 0.25) is 0 Å². The first kappa shape index (κ1) is 13.4. The normalized spacial score (nSPS) is 11.2. The van der Waals surface area contributed by atoms with Crippen LogP contribution in [-0.2, 0) is 9.84 Å². The summed E-state index contributed by atoms with van der Waals surface area (Å²) in [4.78, 5) is 9.70. The fraction of sp³-hybridized carbons (Fsp3) is 0.333. The van der Waals surface area contributed by atoms with Crippen molar-refractivity contribution in [3.8, 4) is 5.75 Å². The van der Waals surface area contributed by atoms with Gasteiger partial charge in [-0.1, -0.05) is 0 Å². The smallest absolute Gasteiger partial charge is 0.273 e. The molecular formula is C9H11NO6S. The first-order chi connectivity index (χ1) is 7.92. The molecule has 17 heavy (non-hydrogen) atoms. The molecule has 0 aromatic heterocycles. The maximum absolute atomic E-state index is 11.7. The van der Waals surface area contributed by atoms with Crippen molar-refractivity contribution in [3.05, 3.63) is 28.3 Å². The molecule has 1 rings (SSSR count). The third kappa shape index (κ3) is 2.92. The predicted molar refractivity (Wildman–Crippen MR) is 58.8 cm³/mol. The van der Waals surface area contributed by atoms with Gasteiger partial charge in [-0.15, -0.1) is 0 Å². The molecule has 0 radical (unpaired) electrons. The molecule has 1 N–H and O–H groups in total. The number of ether oxygens (including phenoxy) is 1. The van der Waals surface area contributed by atoms with Gasteiger partial charge >= 0.3 is 0 Å². The Morgan fingerprint density at radius 1 is 1.47 bits per heavy atom. The zero-order valence-corrected chi connectivity index (χ0v) is 9.81. The Kier molecular flexibility index (Phi) is 4.02. The molecule has 1 aromatic carbocycles. The Morgan fingerprint density at radius 2 is 2.12 bits per heavy atom. The molecule has 0 saturated carbocycles. The molecule has 7 nitrogen and oxygen atoms in total. The molecule has 0 aliphatic rings. The number of rotatable bonds is 5. The van der Waals surface area contributed by atoms with Crippen molar-refractivity contribution in [2.75, 3.05) is 19.5 Å². The molecule has 0 aliphatic carbocycles. The Bertz CT molecular complexity index is 524. The highest BCUT2D eigenvalue weighted by molar-refractivity contribution is 7.91. The molecule has 1 aromatic rings. The molecule has 0 heterocycles. The van der Waals surface area contributed by atoms with Gasteiger partial charge in [-0.05, 0) is 6.07 Å². The number of non-ortho nitro benzene ring substituents is 1. The number of hydrogen-bond acceptors (Lipinski definition) is 6. The Hall–Kier alpha value is -1.67. The van der Waals surface area contributed by atoms with E-state index in [1.165, 1.54) is 7.11 Å². The molecule has 0 saturated heterocycles. The summed E-state index contributed by atoms with van der Waals surface area (Å²) in [5.41, 5.74) is -0.259. The summed E-state index contributed by atoms with van der Waals surface area (Å²) >= 11 is 0. The van der Waals surface area contributed by atoms with Gasteiger partial charge in [0.1, 0.15) is 10.6 Å². The second kappa shape index (κ2) is 5.11. The molecular weight excluding hydrogens is 250 g/mol. The summed E-state index contributed by atoms with van der Waals surface area (Å²) in [5.74, 6) is -0.561. The van der Waals surface area contributed by atoms with E-state index in [2.05, 4.69) is 0 Å². The molecule has 0 unspecified atom stereocenters. The van der Waals surface area contributed by atoms with E-state index < -0.39 is 27.1 Å². The molecule has 0 bridgehead atoms. The first-order valence-corrected chi connectivity index (χ1v) is 6.23. The number of methoxy groups -OCH3 is 1. The van der Waals surface area contributed by atoms with Crippen LogP contribution >= 0.6 is 0 Å². The zero-order chi connectivity index (χ0) is 13.1. The van der Waals surface area contributed by atoms with E-state index in [4.69, 9.17) is 9.84 Å². The van der Waals surface area contributed by atoms with Crippen molar-refractivity contribution in [1.29, 1.82) is 0 Å². The van der Waals surface area contributed by atoms with Crippen LogP contribution in [0.2, 0.25) is 0 Å². The third-order valence-corrected chi connectivity index (χ3v) is 3.78. The van der Waals surface area contributed by atoms with Crippen molar-refractivity contribution in [3.63, 3.8) is 0 Å². The molecule has 0 spiro atoms. The van der Waals surface area contributed by atoms with E-state index >= 15 is 0 Å². The lowest BCUT2D eigenvalue weighted by Gasteiger charge is -2.08. The minimum atomic E-state index is -3.69. The molecule has 0 fully saturated rings. The highest BCUT2D eigenvalue weighted by Crippen LogP contribution is 2.28. The van der Waals surface area contributed by atoms with Crippen LogP contribution in [-0.4, -0.2) is 37.9 Å². The van der Waals surface area contributed by atoms with E-state index in [1.807, 2.05) is 0 Å². The summed E-state index contributed by atoms with van der Waals surface area (Å²) in [6.45, 7) is -0.525. The van der Waals surface area contributed by atoms with Gasteiger partial charge in [0.15, 0.2) is 9.84 Å². The zero-order valence-electron chi connectivity index (χ0n) is 8.99. The van der Waals surface area contributed by atoms with Crippen LogP contribution in [0.25, 0.3) is 0 Å².